The van der Waals surface area contributed by atoms with E-state index in [-0.39, 0.29) is 17.3 Å². The van der Waals surface area contributed by atoms with Gasteiger partial charge in [0.1, 0.15) is 11.6 Å². The van der Waals surface area contributed by atoms with Gasteiger partial charge < -0.3 is 9.88 Å². The van der Waals surface area contributed by atoms with Crippen molar-refractivity contribution >= 4 is 35.1 Å². The molecule has 5 nitrogen and oxygen atoms in total. The van der Waals surface area contributed by atoms with Gasteiger partial charge in [0.2, 0.25) is 5.91 Å². The fourth-order valence-electron chi connectivity index (χ4n) is 2.26. The molecule has 0 saturated heterocycles. The summed E-state index contributed by atoms with van der Waals surface area (Å²) in [5.41, 5.74) is 1.40. The number of hydrogen-bond acceptors (Lipinski definition) is 5. The SMILES string of the molecule is Cc1ccc(SCc2nnc(SCC(=O)Nc3ccccc3F)n2C)cc1. The number of benzene rings is 2. The average molecular weight is 403 g/mol. The number of anilines is 1. The van der Waals surface area contributed by atoms with Gasteiger partial charge >= 0.3 is 0 Å². The number of aromatic nitrogens is 3. The fraction of sp³-hybridized carbons (Fsp3) is 0.211. The monoisotopic (exact) mass is 402 g/mol. The van der Waals surface area contributed by atoms with Crippen LogP contribution >= 0.6 is 23.5 Å². The molecule has 1 N–H and O–H groups in total. The van der Waals surface area contributed by atoms with Crippen molar-refractivity contribution in [2.75, 3.05) is 11.1 Å². The van der Waals surface area contributed by atoms with Crippen LogP contribution < -0.4 is 5.32 Å². The van der Waals surface area contributed by atoms with E-state index < -0.39 is 5.82 Å². The normalized spacial score (nSPS) is 10.8. The Morgan fingerprint density at radius 1 is 1.11 bits per heavy atom. The lowest BCUT2D eigenvalue weighted by atomic mass is 10.2. The fourth-order valence-corrected chi connectivity index (χ4v) is 3.86. The van der Waals surface area contributed by atoms with Crippen molar-refractivity contribution in [3.05, 3.63) is 65.7 Å². The zero-order valence-corrected chi connectivity index (χ0v) is 16.6. The Labute approximate surface area is 165 Å². The first-order valence-electron chi connectivity index (χ1n) is 8.28. The molecular formula is C19H19FN4OS2. The third-order valence-electron chi connectivity index (χ3n) is 3.79. The summed E-state index contributed by atoms with van der Waals surface area (Å²) in [4.78, 5) is 13.2. The molecule has 0 atom stereocenters. The molecule has 0 spiro atoms. The van der Waals surface area contributed by atoms with Crippen LogP contribution in [0.2, 0.25) is 0 Å². The highest BCUT2D eigenvalue weighted by molar-refractivity contribution is 7.99. The van der Waals surface area contributed by atoms with Crippen molar-refractivity contribution < 1.29 is 9.18 Å². The number of aryl methyl sites for hydroxylation is 1. The smallest absolute Gasteiger partial charge is 0.234 e. The lowest BCUT2D eigenvalue weighted by Crippen LogP contribution is -2.15. The minimum atomic E-state index is -0.454. The van der Waals surface area contributed by atoms with E-state index in [1.54, 1.807) is 23.9 Å². The Morgan fingerprint density at radius 3 is 2.59 bits per heavy atom. The summed E-state index contributed by atoms with van der Waals surface area (Å²) < 4.78 is 15.5. The van der Waals surface area contributed by atoms with E-state index in [4.69, 9.17) is 0 Å². The number of nitrogens with one attached hydrogen (secondary N) is 1. The van der Waals surface area contributed by atoms with Gasteiger partial charge in [-0.2, -0.15) is 0 Å². The Morgan fingerprint density at radius 2 is 1.85 bits per heavy atom. The molecule has 0 fully saturated rings. The standard InChI is InChI=1S/C19H19FN4OS2/c1-13-7-9-14(10-8-13)26-11-17-22-23-19(24(17)2)27-12-18(25)21-16-6-4-3-5-15(16)20/h3-10H,11-12H2,1-2H3,(H,21,25). The van der Waals surface area contributed by atoms with E-state index >= 15 is 0 Å². The highest BCUT2D eigenvalue weighted by Gasteiger charge is 2.13. The molecule has 0 unspecified atom stereocenters. The molecule has 27 heavy (non-hydrogen) atoms. The molecule has 0 aliphatic carbocycles. The Balaban J connectivity index is 1.53. The summed E-state index contributed by atoms with van der Waals surface area (Å²) in [5, 5.41) is 11.6. The van der Waals surface area contributed by atoms with E-state index in [2.05, 4.69) is 46.7 Å². The van der Waals surface area contributed by atoms with Gasteiger partial charge in [-0.1, -0.05) is 41.6 Å². The van der Waals surface area contributed by atoms with E-state index in [1.165, 1.54) is 34.4 Å². The first-order valence-corrected chi connectivity index (χ1v) is 10.2. The minimum absolute atomic E-state index is 0.130. The van der Waals surface area contributed by atoms with Crippen LogP contribution in [0.1, 0.15) is 11.4 Å². The third-order valence-corrected chi connectivity index (χ3v) is 5.82. The molecule has 8 heteroatoms. The lowest BCUT2D eigenvalue weighted by molar-refractivity contribution is -0.113. The first kappa shape index (κ1) is 19.4. The first-order chi connectivity index (χ1) is 13.0. The molecule has 1 amide bonds. The molecule has 1 heterocycles. The molecule has 0 aliphatic rings. The summed E-state index contributed by atoms with van der Waals surface area (Å²) in [5.74, 6) is 0.908. The zero-order valence-electron chi connectivity index (χ0n) is 15.0. The molecule has 0 radical (unpaired) electrons. The second-order valence-corrected chi connectivity index (χ2v) is 7.87. The number of carbonyl (C=O) groups is 1. The van der Waals surface area contributed by atoms with E-state index in [0.717, 1.165) is 5.82 Å². The minimum Gasteiger partial charge on any atom is -0.323 e. The van der Waals surface area contributed by atoms with Crippen LogP contribution in [0.3, 0.4) is 0 Å². The Kier molecular flexibility index (Phi) is 6.52. The molecule has 3 rings (SSSR count). The van der Waals surface area contributed by atoms with Gasteiger partial charge in [-0.15, -0.1) is 22.0 Å². The van der Waals surface area contributed by atoms with Crippen LogP contribution in [-0.2, 0) is 17.6 Å². The molecule has 0 bridgehead atoms. The molecule has 2 aromatic carbocycles. The van der Waals surface area contributed by atoms with E-state index in [0.29, 0.717) is 10.9 Å². The predicted octanol–water partition coefficient (Wildman–Crippen LogP) is 4.29. The maximum absolute atomic E-state index is 13.6. The van der Waals surface area contributed by atoms with Crippen molar-refractivity contribution in [2.45, 2.75) is 22.7 Å². The van der Waals surface area contributed by atoms with Gasteiger partial charge in [-0.3, -0.25) is 4.79 Å². The number of para-hydroxylation sites is 1. The highest BCUT2D eigenvalue weighted by atomic mass is 32.2. The number of nitrogens with zero attached hydrogens (tertiary/aromatic N) is 3. The maximum atomic E-state index is 13.6. The van der Waals surface area contributed by atoms with Crippen LogP contribution in [0.4, 0.5) is 10.1 Å². The van der Waals surface area contributed by atoms with Gasteiger partial charge in [-0.25, -0.2) is 4.39 Å². The largest absolute Gasteiger partial charge is 0.323 e. The van der Waals surface area contributed by atoms with Crippen molar-refractivity contribution in [1.29, 1.82) is 0 Å². The summed E-state index contributed by atoms with van der Waals surface area (Å²) in [6, 6.07) is 14.4. The van der Waals surface area contributed by atoms with Crippen molar-refractivity contribution in [1.82, 2.24) is 14.8 Å². The molecule has 140 valence electrons. The van der Waals surface area contributed by atoms with Gasteiger partial charge in [0, 0.05) is 11.9 Å². The molecule has 1 aromatic heterocycles. The Hall–Kier alpha value is -2.32. The van der Waals surface area contributed by atoms with E-state index in [9.17, 15) is 9.18 Å². The number of halogens is 1. The molecule has 3 aromatic rings. The molecule has 0 saturated carbocycles. The number of thioether (sulfide) groups is 2. The van der Waals surface area contributed by atoms with Crippen LogP contribution in [0.5, 0.6) is 0 Å². The topological polar surface area (TPSA) is 59.8 Å². The molecular weight excluding hydrogens is 383 g/mol. The van der Waals surface area contributed by atoms with Gasteiger partial charge in [-0.05, 0) is 31.2 Å². The van der Waals surface area contributed by atoms with Crippen molar-refractivity contribution in [3.63, 3.8) is 0 Å². The summed E-state index contributed by atoms with van der Waals surface area (Å²) in [6.45, 7) is 2.06. The summed E-state index contributed by atoms with van der Waals surface area (Å²) in [7, 11) is 1.88. The number of amides is 1. The maximum Gasteiger partial charge on any atom is 0.234 e. The second kappa shape index (κ2) is 9.05. The third kappa shape index (κ3) is 5.33. The lowest BCUT2D eigenvalue weighted by Gasteiger charge is -2.06. The zero-order chi connectivity index (χ0) is 19.2. The van der Waals surface area contributed by atoms with Gasteiger partial charge in [0.15, 0.2) is 5.16 Å². The van der Waals surface area contributed by atoms with Gasteiger partial charge in [0.05, 0.1) is 17.2 Å². The van der Waals surface area contributed by atoms with Crippen LogP contribution in [-0.4, -0.2) is 26.4 Å². The predicted molar refractivity (Wildman–Crippen MR) is 107 cm³/mol. The second-order valence-electron chi connectivity index (χ2n) is 5.88. The van der Waals surface area contributed by atoms with Crippen LogP contribution in [0.25, 0.3) is 0 Å². The van der Waals surface area contributed by atoms with Crippen LogP contribution in [0, 0.1) is 12.7 Å². The quantitative estimate of drug-likeness (QED) is 0.598. The van der Waals surface area contributed by atoms with Gasteiger partial charge in [0.25, 0.3) is 0 Å². The highest BCUT2D eigenvalue weighted by Crippen LogP contribution is 2.24. The average Bonchev–Trinajstić information content (AvgIpc) is 3.01. The van der Waals surface area contributed by atoms with Crippen molar-refractivity contribution in [2.24, 2.45) is 7.05 Å². The number of carbonyl (C=O) groups excluding carboxylic acids is 1. The number of rotatable bonds is 7. The summed E-state index contributed by atoms with van der Waals surface area (Å²) >= 11 is 2.95. The summed E-state index contributed by atoms with van der Waals surface area (Å²) in [6.07, 6.45) is 0. The number of hydrogen-bond donors (Lipinski definition) is 1. The Bertz CT molecular complexity index is 928. The molecule has 0 aliphatic heterocycles. The van der Waals surface area contributed by atoms with E-state index in [1.807, 2.05) is 11.6 Å². The van der Waals surface area contributed by atoms with Crippen molar-refractivity contribution in [3.8, 4) is 0 Å². The van der Waals surface area contributed by atoms with Crippen LogP contribution in [0.15, 0.2) is 58.6 Å².